The zero-order valence-corrected chi connectivity index (χ0v) is 21.2. The normalized spacial score (nSPS) is 16.0. The van der Waals surface area contributed by atoms with Crippen molar-refractivity contribution in [2.24, 2.45) is 0 Å². The van der Waals surface area contributed by atoms with Crippen molar-refractivity contribution in [2.45, 2.75) is 51.8 Å². The third-order valence-electron chi connectivity index (χ3n) is 6.33. The van der Waals surface area contributed by atoms with Crippen LogP contribution in [0.4, 0.5) is 0 Å². The van der Waals surface area contributed by atoms with E-state index in [0.29, 0.717) is 54.7 Å². The topological polar surface area (TPSA) is 90.7 Å². The maximum absolute atomic E-state index is 13.7. The van der Waals surface area contributed by atoms with Crippen molar-refractivity contribution in [1.29, 1.82) is 0 Å². The van der Waals surface area contributed by atoms with Crippen LogP contribution in [0.3, 0.4) is 0 Å². The SMILES string of the molecule is CCC(C)N(CC(=O)N(Cc1ccco1)CC1CCCO1)C(=O)c1cc(OC)c(OC)c(OC)c1. The number of rotatable bonds is 12. The second-order valence-corrected chi connectivity index (χ2v) is 8.59. The van der Waals surface area contributed by atoms with Crippen LogP contribution in [0.15, 0.2) is 34.9 Å². The predicted molar refractivity (Wildman–Crippen MR) is 130 cm³/mol. The van der Waals surface area contributed by atoms with E-state index in [1.165, 1.54) is 21.3 Å². The van der Waals surface area contributed by atoms with Crippen LogP contribution in [0.2, 0.25) is 0 Å². The summed E-state index contributed by atoms with van der Waals surface area (Å²) in [6.45, 7) is 5.31. The Hall–Kier alpha value is -3.20. The highest BCUT2D eigenvalue weighted by molar-refractivity contribution is 5.98. The summed E-state index contributed by atoms with van der Waals surface area (Å²) in [6.07, 6.45) is 4.14. The van der Waals surface area contributed by atoms with E-state index in [0.717, 1.165) is 12.8 Å². The van der Waals surface area contributed by atoms with Gasteiger partial charge in [-0.2, -0.15) is 0 Å². The molecule has 1 aliphatic rings. The van der Waals surface area contributed by atoms with Gasteiger partial charge < -0.3 is 33.2 Å². The largest absolute Gasteiger partial charge is 0.493 e. The monoisotopic (exact) mass is 488 g/mol. The first-order valence-electron chi connectivity index (χ1n) is 11.9. The van der Waals surface area contributed by atoms with Gasteiger partial charge in [0.1, 0.15) is 12.3 Å². The second kappa shape index (κ2) is 12.5. The van der Waals surface area contributed by atoms with E-state index >= 15 is 0 Å². The molecule has 1 fully saturated rings. The lowest BCUT2D eigenvalue weighted by molar-refractivity contribution is -0.134. The van der Waals surface area contributed by atoms with Crippen LogP contribution in [-0.2, 0) is 16.1 Å². The number of amides is 2. The number of methoxy groups -OCH3 is 3. The van der Waals surface area contributed by atoms with Gasteiger partial charge in [-0.25, -0.2) is 0 Å². The minimum absolute atomic E-state index is 0.0169. The number of carbonyl (C=O) groups is 2. The van der Waals surface area contributed by atoms with Gasteiger partial charge in [0.05, 0.1) is 40.2 Å². The molecule has 2 aromatic rings. The summed E-state index contributed by atoms with van der Waals surface area (Å²) in [7, 11) is 4.51. The zero-order chi connectivity index (χ0) is 25.4. The molecule has 3 rings (SSSR count). The Morgan fingerprint density at radius 1 is 1.14 bits per heavy atom. The van der Waals surface area contributed by atoms with Gasteiger partial charge in [-0.15, -0.1) is 0 Å². The number of carbonyl (C=O) groups excluding carboxylic acids is 2. The predicted octanol–water partition coefficient (Wildman–Crippen LogP) is 3.75. The lowest BCUT2D eigenvalue weighted by atomic mass is 10.1. The van der Waals surface area contributed by atoms with Gasteiger partial charge >= 0.3 is 0 Å². The van der Waals surface area contributed by atoms with Crippen molar-refractivity contribution in [1.82, 2.24) is 9.80 Å². The average molecular weight is 489 g/mol. The first-order valence-corrected chi connectivity index (χ1v) is 11.9. The van der Waals surface area contributed by atoms with Gasteiger partial charge in [-0.05, 0) is 50.5 Å². The minimum Gasteiger partial charge on any atom is -0.493 e. The van der Waals surface area contributed by atoms with Crippen LogP contribution in [0.25, 0.3) is 0 Å². The fourth-order valence-corrected chi connectivity index (χ4v) is 4.14. The first-order chi connectivity index (χ1) is 16.9. The molecule has 0 N–H and O–H groups in total. The highest BCUT2D eigenvalue weighted by Crippen LogP contribution is 2.38. The summed E-state index contributed by atoms with van der Waals surface area (Å²) in [4.78, 5) is 30.5. The fourth-order valence-electron chi connectivity index (χ4n) is 4.14. The number of hydrogen-bond donors (Lipinski definition) is 0. The van der Waals surface area contributed by atoms with Gasteiger partial charge in [0, 0.05) is 24.8 Å². The zero-order valence-electron chi connectivity index (χ0n) is 21.2. The molecular weight excluding hydrogens is 452 g/mol. The molecule has 2 heterocycles. The third kappa shape index (κ3) is 6.48. The smallest absolute Gasteiger partial charge is 0.254 e. The molecule has 0 saturated carbocycles. The third-order valence-corrected chi connectivity index (χ3v) is 6.33. The van der Waals surface area contributed by atoms with Crippen LogP contribution in [0.5, 0.6) is 17.2 Å². The molecule has 1 aromatic heterocycles. The Balaban J connectivity index is 1.86. The molecule has 1 aliphatic heterocycles. The van der Waals surface area contributed by atoms with Gasteiger partial charge in [0.2, 0.25) is 11.7 Å². The molecule has 0 bridgehead atoms. The number of hydrogen-bond acceptors (Lipinski definition) is 7. The molecule has 9 nitrogen and oxygen atoms in total. The standard InChI is InChI=1S/C26H36N2O7/c1-6-18(2)28(26(30)19-13-22(31-3)25(33-5)23(14-19)32-4)17-24(29)27(15-20-9-7-11-34-20)16-21-10-8-12-35-21/h7,9,11,13-14,18,21H,6,8,10,12,15-17H2,1-5H3. The highest BCUT2D eigenvalue weighted by atomic mass is 16.5. The molecule has 0 spiro atoms. The number of ether oxygens (including phenoxy) is 4. The number of nitrogens with zero attached hydrogens (tertiary/aromatic N) is 2. The van der Waals surface area contributed by atoms with E-state index in [4.69, 9.17) is 23.4 Å². The van der Waals surface area contributed by atoms with Gasteiger partial charge in [0.15, 0.2) is 11.5 Å². The Kier molecular flexibility index (Phi) is 9.42. The number of furan rings is 1. The van der Waals surface area contributed by atoms with Gasteiger partial charge in [-0.1, -0.05) is 6.92 Å². The summed E-state index contributed by atoms with van der Waals surface area (Å²) in [5.74, 6) is 1.38. The van der Waals surface area contributed by atoms with E-state index in [-0.39, 0.29) is 30.5 Å². The lowest BCUT2D eigenvalue weighted by Crippen LogP contribution is -2.47. The first kappa shape index (κ1) is 26.4. The lowest BCUT2D eigenvalue weighted by Gasteiger charge is -2.32. The number of benzene rings is 1. The van der Waals surface area contributed by atoms with Crippen LogP contribution < -0.4 is 14.2 Å². The quantitative estimate of drug-likeness (QED) is 0.449. The molecule has 1 aromatic carbocycles. The van der Waals surface area contributed by atoms with Crippen molar-refractivity contribution < 1.29 is 33.0 Å². The molecule has 1 saturated heterocycles. The molecule has 2 unspecified atom stereocenters. The van der Waals surface area contributed by atoms with E-state index in [2.05, 4.69) is 0 Å². The van der Waals surface area contributed by atoms with Crippen LogP contribution in [0.1, 0.15) is 49.2 Å². The summed E-state index contributed by atoms with van der Waals surface area (Å²) in [5.41, 5.74) is 0.351. The highest BCUT2D eigenvalue weighted by Gasteiger charge is 2.29. The van der Waals surface area contributed by atoms with E-state index in [1.54, 1.807) is 34.3 Å². The summed E-state index contributed by atoms with van der Waals surface area (Å²) >= 11 is 0. The molecule has 0 aliphatic carbocycles. The van der Waals surface area contributed by atoms with Gasteiger partial charge in [-0.3, -0.25) is 9.59 Å². The van der Waals surface area contributed by atoms with Crippen molar-refractivity contribution >= 4 is 11.8 Å². The van der Waals surface area contributed by atoms with Gasteiger partial charge in [0.25, 0.3) is 5.91 Å². The molecule has 35 heavy (non-hydrogen) atoms. The van der Waals surface area contributed by atoms with Crippen molar-refractivity contribution in [3.8, 4) is 17.2 Å². The van der Waals surface area contributed by atoms with Crippen molar-refractivity contribution in [3.05, 3.63) is 41.9 Å². The summed E-state index contributed by atoms with van der Waals surface area (Å²) in [5, 5.41) is 0. The van der Waals surface area contributed by atoms with Crippen molar-refractivity contribution in [2.75, 3.05) is 41.0 Å². The molecule has 2 atom stereocenters. The minimum atomic E-state index is -0.290. The van der Waals surface area contributed by atoms with E-state index in [9.17, 15) is 9.59 Å². The maximum Gasteiger partial charge on any atom is 0.254 e. The average Bonchev–Trinajstić information content (AvgIpc) is 3.59. The van der Waals surface area contributed by atoms with Crippen LogP contribution in [0, 0.1) is 0 Å². The van der Waals surface area contributed by atoms with Crippen LogP contribution in [-0.4, -0.2) is 74.8 Å². The van der Waals surface area contributed by atoms with E-state index in [1.807, 2.05) is 19.9 Å². The van der Waals surface area contributed by atoms with Crippen molar-refractivity contribution in [3.63, 3.8) is 0 Å². The molecule has 192 valence electrons. The Labute approximate surface area is 206 Å². The van der Waals surface area contributed by atoms with Crippen LogP contribution >= 0.6 is 0 Å². The Morgan fingerprint density at radius 2 is 1.86 bits per heavy atom. The maximum atomic E-state index is 13.7. The Bertz CT molecular complexity index is 945. The second-order valence-electron chi connectivity index (χ2n) is 8.59. The summed E-state index contributed by atoms with van der Waals surface area (Å²) < 4.78 is 27.5. The molecule has 0 radical (unpaired) electrons. The van der Waals surface area contributed by atoms with E-state index < -0.39 is 0 Å². The fraction of sp³-hybridized carbons (Fsp3) is 0.538. The summed E-state index contributed by atoms with van der Waals surface area (Å²) in [6, 6.07) is 6.68. The molecule has 9 heteroatoms. The Morgan fingerprint density at radius 3 is 2.37 bits per heavy atom. The molecular formula is C26H36N2O7. The molecule has 2 amide bonds.